The summed E-state index contributed by atoms with van der Waals surface area (Å²) in [6, 6.07) is 5.87. The standard InChI is InChI=1S/C12H6Br2ClF2NO2S/c13-6-1-2-9(15)11(3-6)18-21(19,20)12-8(14)4-7(16)5-10(12)17/h1-5,18H. The Morgan fingerprint density at radius 2 is 1.76 bits per heavy atom. The van der Waals surface area contributed by atoms with Gasteiger partial charge in [-0.25, -0.2) is 17.2 Å². The van der Waals surface area contributed by atoms with Crippen LogP contribution < -0.4 is 4.72 Å². The highest BCUT2D eigenvalue weighted by atomic mass is 79.9. The summed E-state index contributed by atoms with van der Waals surface area (Å²) in [7, 11) is -4.27. The van der Waals surface area contributed by atoms with Crippen LogP contribution in [-0.2, 0) is 10.0 Å². The second kappa shape index (κ2) is 6.20. The molecule has 2 aromatic rings. The molecule has 0 atom stereocenters. The second-order valence-electron chi connectivity index (χ2n) is 3.93. The molecule has 0 aliphatic heterocycles. The Kier molecular flexibility index (Phi) is 4.92. The molecule has 1 N–H and O–H groups in total. The number of benzene rings is 2. The minimum Gasteiger partial charge on any atom is -0.278 e. The first kappa shape index (κ1) is 16.7. The van der Waals surface area contributed by atoms with E-state index < -0.39 is 26.6 Å². The van der Waals surface area contributed by atoms with Crippen LogP contribution in [0.25, 0.3) is 0 Å². The largest absolute Gasteiger partial charge is 0.278 e. The first-order valence-corrected chi connectivity index (χ1v) is 8.78. The van der Waals surface area contributed by atoms with Crippen molar-refractivity contribution in [2.75, 3.05) is 4.72 Å². The maximum Gasteiger partial charge on any atom is 0.266 e. The van der Waals surface area contributed by atoms with E-state index in [1.807, 2.05) is 0 Å². The first-order valence-electron chi connectivity index (χ1n) is 5.33. The molecule has 112 valence electrons. The number of hydrogen-bond acceptors (Lipinski definition) is 2. The molecule has 0 aliphatic rings. The van der Waals surface area contributed by atoms with E-state index in [0.717, 1.165) is 6.07 Å². The number of hydrogen-bond donors (Lipinski definition) is 1. The summed E-state index contributed by atoms with van der Waals surface area (Å²) in [4.78, 5) is -0.694. The van der Waals surface area contributed by atoms with Crippen LogP contribution in [0.1, 0.15) is 0 Å². The molecule has 9 heteroatoms. The van der Waals surface area contributed by atoms with Gasteiger partial charge in [-0.1, -0.05) is 27.5 Å². The highest BCUT2D eigenvalue weighted by Crippen LogP contribution is 2.31. The van der Waals surface area contributed by atoms with Crippen molar-refractivity contribution >= 4 is 59.2 Å². The van der Waals surface area contributed by atoms with E-state index in [0.29, 0.717) is 10.5 Å². The third kappa shape index (κ3) is 3.74. The van der Waals surface area contributed by atoms with Crippen molar-refractivity contribution in [3.63, 3.8) is 0 Å². The molecule has 2 rings (SSSR count). The Hall–Kier alpha value is -0.700. The number of sulfonamides is 1. The lowest BCUT2D eigenvalue weighted by molar-refractivity contribution is 0.548. The zero-order valence-corrected chi connectivity index (χ0v) is 14.7. The molecular weight excluding hydrogens is 455 g/mol. The average molecular weight is 462 g/mol. The van der Waals surface area contributed by atoms with E-state index in [9.17, 15) is 17.2 Å². The number of nitrogens with one attached hydrogen (secondary N) is 1. The van der Waals surface area contributed by atoms with Gasteiger partial charge in [-0.2, -0.15) is 0 Å². The van der Waals surface area contributed by atoms with E-state index in [2.05, 4.69) is 36.6 Å². The quantitative estimate of drug-likeness (QED) is 0.704. The molecule has 0 fully saturated rings. The smallest absolute Gasteiger partial charge is 0.266 e. The molecule has 0 amide bonds. The van der Waals surface area contributed by atoms with Gasteiger partial charge in [0, 0.05) is 15.0 Å². The van der Waals surface area contributed by atoms with Gasteiger partial charge in [-0.15, -0.1) is 0 Å². The van der Waals surface area contributed by atoms with Crippen molar-refractivity contribution in [2.24, 2.45) is 0 Å². The zero-order valence-electron chi connectivity index (χ0n) is 10.0. The molecular formula is C12H6Br2ClF2NO2S. The summed E-state index contributed by atoms with van der Waals surface area (Å²) in [6.45, 7) is 0. The molecule has 0 heterocycles. The lowest BCUT2D eigenvalue weighted by atomic mass is 10.3. The molecule has 0 bridgehead atoms. The minimum absolute atomic E-state index is 0.0710. The topological polar surface area (TPSA) is 46.2 Å². The van der Waals surface area contributed by atoms with Crippen LogP contribution in [0.3, 0.4) is 0 Å². The van der Waals surface area contributed by atoms with E-state index in [1.54, 1.807) is 6.07 Å². The number of anilines is 1. The van der Waals surface area contributed by atoms with Gasteiger partial charge in [0.2, 0.25) is 0 Å². The van der Waals surface area contributed by atoms with Crippen LogP contribution in [0, 0.1) is 11.6 Å². The van der Waals surface area contributed by atoms with Crippen LogP contribution in [0.2, 0.25) is 5.02 Å². The van der Waals surface area contributed by atoms with Crippen molar-refractivity contribution in [3.05, 3.63) is 55.9 Å². The van der Waals surface area contributed by atoms with Crippen LogP contribution in [0.4, 0.5) is 14.5 Å². The van der Waals surface area contributed by atoms with Crippen LogP contribution in [-0.4, -0.2) is 8.42 Å². The Labute approximate surface area is 141 Å². The lowest BCUT2D eigenvalue weighted by Crippen LogP contribution is -2.16. The minimum atomic E-state index is -4.27. The molecule has 0 saturated carbocycles. The predicted molar refractivity (Wildman–Crippen MR) is 84.0 cm³/mol. The average Bonchev–Trinajstić information content (AvgIpc) is 2.31. The van der Waals surface area contributed by atoms with Crippen LogP contribution >= 0.6 is 43.5 Å². The van der Waals surface area contributed by atoms with E-state index in [4.69, 9.17) is 11.6 Å². The molecule has 0 unspecified atom stereocenters. The molecule has 3 nitrogen and oxygen atoms in total. The van der Waals surface area contributed by atoms with Gasteiger partial charge in [0.15, 0.2) is 0 Å². The van der Waals surface area contributed by atoms with Gasteiger partial charge < -0.3 is 0 Å². The van der Waals surface area contributed by atoms with Gasteiger partial charge in [0.25, 0.3) is 10.0 Å². The third-order valence-electron chi connectivity index (χ3n) is 2.40. The normalized spacial score (nSPS) is 11.5. The monoisotopic (exact) mass is 459 g/mol. The predicted octanol–water partition coefficient (Wildman–Crippen LogP) is 4.94. The van der Waals surface area contributed by atoms with E-state index in [1.165, 1.54) is 12.1 Å². The third-order valence-corrected chi connectivity index (χ3v) is 5.56. The van der Waals surface area contributed by atoms with Gasteiger partial charge in [-0.05, 0) is 40.2 Å². The first-order chi connectivity index (χ1) is 9.70. The van der Waals surface area contributed by atoms with Gasteiger partial charge >= 0.3 is 0 Å². The number of rotatable bonds is 3. The van der Waals surface area contributed by atoms with Gasteiger partial charge in [-0.3, -0.25) is 4.72 Å². The number of halogens is 5. The van der Waals surface area contributed by atoms with Crippen LogP contribution in [0.5, 0.6) is 0 Å². The molecule has 0 aromatic heterocycles. The Bertz CT molecular complexity index is 792. The summed E-state index contributed by atoms with van der Waals surface area (Å²) in [6.07, 6.45) is 0. The van der Waals surface area contributed by atoms with Gasteiger partial charge in [0.05, 0.1) is 10.7 Å². The maximum atomic E-state index is 13.8. The van der Waals surface area contributed by atoms with Crippen molar-refractivity contribution in [1.29, 1.82) is 0 Å². The molecule has 2 aromatic carbocycles. The fourth-order valence-corrected chi connectivity index (χ4v) is 4.38. The fourth-order valence-electron chi connectivity index (χ4n) is 1.56. The highest BCUT2D eigenvalue weighted by Gasteiger charge is 2.24. The molecule has 0 spiro atoms. The zero-order chi connectivity index (χ0) is 15.8. The summed E-state index contributed by atoms with van der Waals surface area (Å²) < 4.78 is 53.8. The van der Waals surface area contributed by atoms with Crippen molar-refractivity contribution in [3.8, 4) is 0 Å². The molecule has 21 heavy (non-hydrogen) atoms. The lowest BCUT2D eigenvalue weighted by Gasteiger charge is -2.12. The summed E-state index contributed by atoms with van der Waals surface area (Å²) >= 11 is 11.9. The van der Waals surface area contributed by atoms with Crippen molar-refractivity contribution < 1.29 is 17.2 Å². The fraction of sp³-hybridized carbons (Fsp3) is 0. The Morgan fingerprint density at radius 3 is 2.38 bits per heavy atom. The summed E-state index contributed by atoms with van der Waals surface area (Å²) in [5.41, 5.74) is 0.0710. The summed E-state index contributed by atoms with van der Waals surface area (Å²) in [5, 5.41) is 0.139. The molecule has 0 saturated heterocycles. The maximum absolute atomic E-state index is 13.8. The Morgan fingerprint density at radius 1 is 1.10 bits per heavy atom. The van der Waals surface area contributed by atoms with Gasteiger partial charge in [0.1, 0.15) is 16.5 Å². The molecule has 0 aliphatic carbocycles. The molecule has 0 radical (unpaired) electrons. The van der Waals surface area contributed by atoms with Crippen molar-refractivity contribution in [2.45, 2.75) is 4.90 Å². The summed E-state index contributed by atoms with van der Waals surface area (Å²) in [5.74, 6) is -2.10. The van der Waals surface area contributed by atoms with Crippen molar-refractivity contribution in [1.82, 2.24) is 0 Å². The highest BCUT2D eigenvalue weighted by molar-refractivity contribution is 9.10. The van der Waals surface area contributed by atoms with Crippen LogP contribution in [0.15, 0.2) is 44.2 Å². The van der Waals surface area contributed by atoms with E-state index in [-0.39, 0.29) is 15.2 Å². The second-order valence-corrected chi connectivity index (χ2v) is 7.72. The SMILES string of the molecule is O=S(=O)(Nc1cc(Br)ccc1Cl)c1c(F)cc(F)cc1Br. The Balaban J connectivity index is 2.51. The van der Waals surface area contributed by atoms with E-state index >= 15 is 0 Å².